The highest BCUT2D eigenvalue weighted by molar-refractivity contribution is 6.19. The average molecular weight is 299 g/mol. The van der Waals surface area contributed by atoms with Crippen molar-refractivity contribution >= 4 is 22.4 Å². The van der Waals surface area contributed by atoms with Crippen LogP contribution in [0.1, 0.15) is 37.7 Å². The SMILES string of the molecule is ClCC#Cc1ccc2cc(OC3CCCCC3)ccc2c1. The highest BCUT2D eigenvalue weighted by Gasteiger charge is 2.14. The molecule has 0 radical (unpaired) electrons. The third-order valence-electron chi connectivity index (χ3n) is 3.97. The molecule has 0 unspecified atom stereocenters. The van der Waals surface area contributed by atoms with Gasteiger partial charge in [0.2, 0.25) is 0 Å². The highest BCUT2D eigenvalue weighted by Crippen LogP contribution is 2.26. The first kappa shape index (κ1) is 14.3. The van der Waals surface area contributed by atoms with E-state index in [0.717, 1.165) is 11.3 Å². The summed E-state index contributed by atoms with van der Waals surface area (Å²) in [5.74, 6) is 7.29. The summed E-state index contributed by atoms with van der Waals surface area (Å²) >= 11 is 5.59. The molecule has 1 fully saturated rings. The van der Waals surface area contributed by atoms with Crippen LogP contribution in [0, 0.1) is 11.8 Å². The van der Waals surface area contributed by atoms with Crippen LogP contribution in [0.3, 0.4) is 0 Å². The number of halogens is 1. The molecule has 0 heterocycles. The van der Waals surface area contributed by atoms with E-state index in [9.17, 15) is 0 Å². The molecule has 0 atom stereocenters. The van der Waals surface area contributed by atoms with E-state index in [1.165, 1.54) is 42.9 Å². The number of rotatable bonds is 2. The van der Waals surface area contributed by atoms with Gasteiger partial charge in [0.15, 0.2) is 0 Å². The minimum atomic E-state index is 0.367. The van der Waals surface area contributed by atoms with Crippen molar-refractivity contribution in [2.45, 2.75) is 38.2 Å². The van der Waals surface area contributed by atoms with E-state index in [-0.39, 0.29) is 0 Å². The summed E-state index contributed by atoms with van der Waals surface area (Å²) in [4.78, 5) is 0. The Kier molecular flexibility index (Phi) is 4.68. The molecular weight excluding hydrogens is 280 g/mol. The average Bonchev–Trinajstić information content (AvgIpc) is 2.54. The molecule has 0 aromatic heterocycles. The zero-order valence-corrected chi connectivity index (χ0v) is 12.8. The van der Waals surface area contributed by atoms with Gasteiger partial charge >= 0.3 is 0 Å². The molecule has 0 saturated heterocycles. The second-order valence-corrected chi connectivity index (χ2v) is 5.80. The van der Waals surface area contributed by atoms with Crippen molar-refractivity contribution in [3.05, 3.63) is 42.0 Å². The maximum atomic E-state index is 6.11. The molecule has 1 aliphatic rings. The molecule has 0 amide bonds. The van der Waals surface area contributed by atoms with Gasteiger partial charge in [-0.05, 0) is 60.7 Å². The minimum absolute atomic E-state index is 0.367. The maximum absolute atomic E-state index is 6.11. The monoisotopic (exact) mass is 298 g/mol. The summed E-state index contributed by atoms with van der Waals surface area (Å²) in [6, 6.07) is 12.5. The first-order valence-electron chi connectivity index (χ1n) is 7.60. The number of hydrogen-bond donors (Lipinski definition) is 0. The van der Waals surface area contributed by atoms with E-state index in [2.05, 4.69) is 42.2 Å². The van der Waals surface area contributed by atoms with Gasteiger partial charge in [-0.15, -0.1) is 11.6 Å². The predicted molar refractivity (Wildman–Crippen MR) is 89.0 cm³/mol. The van der Waals surface area contributed by atoms with Gasteiger partial charge in [-0.2, -0.15) is 0 Å². The molecule has 0 bridgehead atoms. The fraction of sp³-hybridized carbons (Fsp3) is 0.368. The Bertz CT molecular complexity index is 675. The molecule has 0 aliphatic heterocycles. The van der Waals surface area contributed by atoms with Crippen molar-refractivity contribution in [3.63, 3.8) is 0 Å². The molecule has 0 spiro atoms. The summed E-state index contributed by atoms with van der Waals surface area (Å²) in [6.45, 7) is 0. The van der Waals surface area contributed by atoms with Crippen molar-refractivity contribution in [3.8, 4) is 17.6 Å². The smallest absolute Gasteiger partial charge is 0.120 e. The number of hydrogen-bond acceptors (Lipinski definition) is 1. The molecule has 1 saturated carbocycles. The van der Waals surface area contributed by atoms with Crippen LogP contribution in [0.25, 0.3) is 10.8 Å². The molecular formula is C19H19ClO. The van der Waals surface area contributed by atoms with Crippen molar-refractivity contribution in [1.29, 1.82) is 0 Å². The predicted octanol–water partition coefficient (Wildman–Crippen LogP) is 5.14. The van der Waals surface area contributed by atoms with Crippen LogP contribution in [0.2, 0.25) is 0 Å². The van der Waals surface area contributed by atoms with Crippen LogP contribution in [-0.2, 0) is 0 Å². The lowest BCUT2D eigenvalue weighted by atomic mass is 9.98. The molecule has 3 rings (SSSR count). The molecule has 2 heteroatoms. The molecule has 2 aromatic rings. The normalized spacial score (nSPS) is 15.5. The third kappa shape index (κ3) is 3.71. The third-order valence-corrected chi connectivity index (χ3v) is 4.10. The van der Waals surface area contributed by atoms with E-state index in [1.807, 2.05) is 6.07 Å². The van der Waals surface area contributed by atoms with E-state index in [1.54, 1.807) is 0 Å². The van der Waals surface area contributed by atoms with Crippen molar-refractivity contribution < 1.29 is 4.74 Å². The number of benzene rings is 2. The lowest BCUT2D eigenvalue weighted by Gasteiger charge is -2.23. The van der Waals surface area contributed by atoms with Gasteiger partial charge in [-0.3, -0.25) is 0 Å². The maximum Gasteiger partial charge on any atom is 0.120 e. The molecule has 0 N–H and O–H groups in total. The van der Waals surface area contributed by atoms with Crippen molar-refractivity contribution in [2.24, 2.45) is 0 Å². The van der Waals surface area contributed by atoms with E-state index in [0.29, 0.717) is 12.0 Å². The first-order chi connectivity index (χ1) is 10.3. The number of alkyl halides is 1. The summed E-state index contributed by atoms with van der Waals surface area (Å²) in [7, 11) is 0. The van der Waals surface area contributed by atoms with Gasteiger partial charge in [0.25, 0.3) is 0 Å². The van der Waals surface area contributed by atoms with Crippen LogP contribution in [0.15, 0.2) is 36.4 Å². The molecule has 2 aromatic carbocycles. The summed E-state index contributed by atoms with van der Waals surface area (Å²) < 4.78 is 6.11. The van der Waals surface area contributed by atoms with Gasteiger partial charge in [0.1, 0.15) is 5.75 Å². The minimum Gasteiger partial charge on any atom is -0.490 e. The van der Waals surface area contributed by atoms with Crippen molar-refractivity contribution in [1.82, 2.24) is 0 Å². The Balaban J connectivity index is 1.79. The Hall–Kier alpha value is -1.65. The van der Waals surface area contributed by atoms with Gasteiger partial charge in [0.05, 0.1) is 12.0 Å². The second-order valence-electron chi connectivity index (χ2n) is 5.54. The lowest BCUT2D eigenvalue weighted by molar-refractivity contribution is 0.155. The lowest BCUT2D eigenvalue weighted by Crippen LogP contribution is -2.19. The van der Waals surface area contributed by atoms with E-state index in [4.69, 9.17) is 16.3 Å². The zero-order chi connectivity index (χ0) is 14.5. The summed E-state index contributed by atoms with van der Waals surface area (Å²) in [5, 5.41) is 2.38. The van der Waals surface area contributed by atoms with Gasteiger partial charge < -0.3 is 4.74 Å². The van der Waals surface area contributed by atoms with Crippen LogP contribution in [0.5, 0.6) is 5.75 Å². The number of ether oxygens (including phenoxy) is 1. The van der Waals surface area contributed by atoms with Crippen LogP contribution >= 0.6 is 11.6 Å². The fourth-order valence-electron chi connectivity index (χ4n) is 2.89. The van der Waals surface area contributed by atoms with Gasteiger partial charge in [0, 0.05) is 5.56 Å². The molecule has 1 aliphatic carbocycles. The Morgan fingerprint density at radius 1 is 1.00 bits per heavy atom. The van der Waals surface area contributed by atoms with Crippen LogP contribution in [0.4, 0.5) is 0 Å². The first-order valence-corrected chi connectivity index (χ1v) is 8.14. The molecule has 1 nitrogen and oxygen atoms in total. The second kappa shape index (κ2) is 6.87. The number of fused-ring (bicyclic) bond motifs is 1. The zero-order valence-electron chi connectivity index (χ0n) is 12.1. The van der Waals surface area contributed by atoms with Gasteiger partial charge in [-0.1, -0.05) is 30.4 Å². The summed E-state index contributed by atoms with van der Waals surface area (Å²) in [5.41, 5.74) is 1.00. The Morgan fingerprint density at radius 3 is 2.57 bits per heavy atom. The van der Waals surface area contributed by atoms with E-state index >= 15 is 0 Å². The standard InChI is InChI=1S/C19H19ClO/c20-12-4-5-15-8-9-17-14-19(11-10-16(17)13-15)21-18-6-2-1-3-7-18/h8-11,13-14,18H,1-3,6-7,12H2. The highest BCUT2D eigenvalue weighted by atomic mass is 35.5. The van der Waals surface area contributed by atoms with Crippen LogP contribution < -0.4 is 4.74 Å². The van der Waals surface area contributed by atoms with Gasteiger partial charge in [-0.25, -0.2) is 0 Å². The quantitative estimate of drug-likeness (QED) is 0.551. The largest absolute Gasteiger partial charge is 0.490 e. The summed E-state index contributed by atoms with van der Waals surface area (Å²) in [6.07, 6.45) is 6.70. The van der Waals surface area contributed by atoms with E-state index < -0.39 is 0 Å². The molecule has 108 valence electrons. The van der Waals surface area contributed by atoms with Crippen LogP contribution in [-0.4, -0.2) is 12.0 Å². The topological polar surface area (TPSA) is 9.23 Å². The molecule has 21 heavy (non-hydrogen) atoms. The van der Waals surface area contributed by atoms with Crippen molar-refractivity contribution in [2.75, 3.05) is 5.88 Å². The fourth-order valence-corrected chi connectivity index (χ4v) is 2.95. The Labute approximate surface area is 131 Å². The Morgan fingerprint density at radius 2 is 1.76 bits per heavy atom.